The molecule has 0 aliphatic heterocycles. The molecule has 1 aromatic rings. The summed E-state index contributed by atoms with van der Waals surface area (Å²) < 4.78 is 10.5. The summed E-state index contributed by atoms with van der Waals surface area (Å²) in [4.78, 5) is 0. The third-order valence-electron chi connectivity index (χ3n) is 2.33. The van der Waals surface area contributed by atoms with Gasteiger partial charge in [0, 0.05) is 6.07 Å². The Kier molecular flexibility index (Phi) is 2.48. The normalized spacial score (nSPS) is 15.2. The lowest BCUT2D eigenvalue weighted by Crippen LogP contribution is -1.98. The zero-order valence-corrected chi connectivity index (χ0v) is 8.19. The van der Waals surface area contributed by atoms with Crippen LogP contribution in [0.2, 0.25) is 0 Å². The number of hydrogen-bond acceptors (Lipinski definition) is 3. The molecule has 0 radical (unpaired) electrons. The summed E-state index contributed by atoms with van der Waals surface area (Å²) in [5.41, 5.74) is 0. The molecular weight excluding hydrogens is 180 g/mol. The summed E-state index contributed by atoms with van der Waals surface area (Å²) in [6, 6.07) is 5.04. The number of benzene rings is 1. The Morgan fingerprint density at radius 2 is 2.21 bits per heavy atom. The number of rotatable bonds is 4. The third-order valence-corrected chi connectivity index (χ3v) is 2.33. The molecule has 76 valence electrons. The number of aromatic hydroxyl groups is 1. The molecule has 0 atom stereocenters. The lowest BCUT2D eigenvalue weighted by atomic mass is 10.3. The highest BCUT2D eigenvalue weighted by molar-refractivity contribution is 5.44. The molecule has 1 aromatic carbocycles. The van der Waals surface area contributed by atoms with Crippen molar-refractivity contribution < 1.29 is 14.6 Å². The van der Waals surface area contributed by atoms with Gasteiger partial charge in [0.15, 0.2) is 11.5 Å². The molecule has 1 aliphatic rings. The van der Waals surface area contributed by atoms with Gasteiger partial charge in [-0.05, 0) is 30.9 Å². The molecule has 0 spiro atoms. The number of phenols is 1. The van der Waals surface area contributed by atoms with Crippen molar-refractivity contribution in [2.75, 3.05) is 13.7 Å². The third kappa shape index (κ3) is 2.10. The quantitative estimate of drug-likeness (QED) is 0.798. The number of hydrogen-bond donors (Lipinski definition) is 1. The van der Waals surface area contributed by atoms with Gasteiger partial charge in [0.2, 0.25) is 0 Å². The first-order valence-corrected chi connectivity index (χ1v) is 4.79. The maximum absolute atomic E-state index is 9.34. The lowest BCUT2D eigenvalue weighted by molar-refractivity contribution is 0.295. The molecule has 1 saturated carbocycles. The van der Waals surface area contributed by atoms with Crippen molar-refractivity contribution in [3.63, 3.8) is 0 Å². The van der Waals surface area contributed by atoms with E-state index in [0.29, 0.717) is 5.75 Å². The number of phenolic OH excluding ortho intramolecular Hbond substituents is 1. The molecule has 1 N–H and O–H groups in total. The molecule has 14 heavy (non-hydrogen) atoms. The Balaban J connectivity index is 2.01. The fourth-order valence-electron chi connectivity index (χ4n) is 1.25. The second-order valence-electron chi connectivity index (χ2n) is 3.59. The van der Waals surface area contributed by atoms with E-state index in [-0.39, 0.29) is 5.75 Å². The zero-order chi connectivity index (χ0) is 9.97. The van der Waals surface area contributed by atoms with Gasteiger partial charge in [-0.2, -0.15) is 0 Å². The second-order valence-corrected chi connectivity index (χ2v) is 3.59. The Hall–Kier alpha value is -1.38. The lowest BCUT2D eigenvalue weighted by Gasteiger charge is -2.08. The molecule has 0 unspecified atom stereocenters. The van der Waals surface area contributed by atoms with E-state index in [4.69, 9.17) is 9.47 Å². The topological polar surface area (TPSA) is 38.7 Å². The fraction of sp³-hybridized carbons (Fsp3) is 0.455. The molecule has 2 rings (SSSR count). The van der Waals surface area contributed by atoms with Gasteiger partial charge in [-0.3, -0.25) is 0 Å². The van der Waals surface area contributed by atoms with E-state index in [1.807, 2.05) is 0 Å². The van der Waals surface area contributed by atoms with Gasteiger partial charge in [-0.1, -0.05) is 0 Å². The average molecular weight is 194 g/mol. The van der Waals surface area contributed by atoms with Gasteiger partial charge in [0.25, 0.3) is 0 Å². The summed E-state index contributed by atoms with van der Waals surface area (Å²) >= 11 is 0. The van der Waals surface area contributed by atoms with Crippen LogP contribution in [-0.4, -0.2) is 18.8 Å². The van der Waals surface area contributed by atoms with Crippen molar-refractivity contribution in [2.45, 2.75) is 12.8 Å². The second kappa shape index (κ2) is 3.78. The van der Waals surface area contributed by atoms with E-state index < -0.39 is 0 Å². The predicted octanol–water partition coefficient (Wildman–Crippen LogP) is 2.19. The maximum Gasteiger partial charge on any atom is 0.164 e. The SMILES string of the molecule is COc1cc(OCC2CC2)ccc1O. The van der Waals surface area contributed by atoms with Crippen LogP contribution < -0.4 is 9.47 Å². The van der Waals surface area contributed by atoms with Gasteiger partial charge in [0.05, 0.1) is 13.7 Å². The van der Waals surface area contributed by atoms with Crippen molar-refractivity contribution in [3.8, 4) is 17.2 Å². The van der Waals surface area contributed by atoms with Crippen LogP contribution >= 0.6 is 0 Å². The van der Waals surface area contributed by atoms with Crippen LogP contribution in [0, 0.1) is 5.92 Å². The van der Waals surface area contributed by atoms with E-state index in [0.717, 1.165) is 18.3 Å². The first kappa shape index (κ1) is 9.19. The van der Waals surface area contributed by atoms with Gasteiger partial charge in [0.1, 0.15) is 5.75 Å². The molecule has 0 aromatic heterocycles. The standard InChI is InChI=1S/C11H14O3/c1-13-11-6-9(4-5-10(11)12)14-7-8-2-3-8/h4-6,8,12H,2-3,7H2,1H3. The van der Waals surface area contributed by atoms with Crippen LogP contribution in [0.15, 0.2) is 18.2 Å². The highest BCUT2D eigenvalue weighted by Crippen LogP contribution is 2.32. The summed E-state index contributed by atoms with van der Waals surface area (Å²) in [6.07, 6.45) is 2.55. The Labute approximate surface area is 83.3 Å². The van der Waals surface area contributed by atoms with Crippen molar-refractivity contribution in [3.05, 3.63) is 18.2 Å². The molecule has 0 amide bonds. The molecule has 0 bridgehead atoms. The smallest absolute Gasteiger partial charge is 0.164 e. The highest BCUT2D eigenvalue weighted by atomic mass is 16.5. The molecule has 3 heteroatoms. The molecule has 0 saturated heterocycles. The van der Waals surface area contributed by atoms with E-state index in [1.165, 1.54) is 20.0 Å². The molecule has 1 fully saturated rings. The van der Waals surface area contributed by atoms with Gasteiger partial charge < -0.3 is 14.6 Å². The molecule has 3 nitrogen and oxygen atoms in total. The maximum atomic E-state index is 9.34. The summed E-state index contributed by atoms with van der Waals surface area (Å²) in [7, 11) is 1.53. The fourth-order valence-corrected chi connectivity index (χ4v) is 1.25. The van der Waals surface area contributed by atoms with Crippen molar-refractivity contribution >= 4 is 0 Å². The predicted molar refractivity (Wildman–Crippen MR) is 52.9 cm³/mol. The summed E-state index contributed by atoms with van der Waals surface area (Å²) in [6.45, 7) is 0.772. The van der Waals surface area contributed by atoms with Crippen molar-refractivity contribution in [2.24, 2.45) is 5.92 Å². The first-order valence-electron chi connectivity index (χ1n) is 4.79. The first-order chi connectivity index (χ1) is 6.79. The van der Waals surface area contributed by atoms with Crippen LogP contribution in [-0.2, 0) is 0 Å². The molecular formula is C11H14O3. The number of ether oxygens (including phenoxy) is 2. The minimum absolute atomic E-state index is 0.145. The largest absolute Gasteiger partial charge is 0.504 e. The minimum atomic E-state index is 0.145. The van der Waals surface area contributed by atoms with Crippen LogP contribution in [0.3, 0.4) is 0 Å². The Morgan fingerprint density at radius 1 is 1.43 bits per heavy atom. The average Bonchev–Trinajstić information content (AvgIpc) is 3.00. The van der Waals surface area contributed by atoms with Gasteiger partial charge in [-0.25, -0.2) is 0 Å². The summed E-state index contributed by atoms with van der Waals surface area (Å²) in [5, 5.41) is 9.34. The number of methoxy groups -OCH3 is 1. The van der Waals surface area contributed by atoms with E-state index in [9.17, 15) is 5.11 Å². The van der Waals surface area contributed by atoms with Crippen molar-refractivity contribution in [1.29, 1.82) is 0 Å². The zero-order valence-electron chi connectivity index (χ0n) is 8.19. The Bertz CT molecular complexity index is 318. The summed E-state index contributed by atoms with van der Waals surface area (Å²) in [5.74, 6) is 2.09. The van der Waals surface area contributed by atoms with E-state index in [2.05, 4.69) is 0 Å². The van der Waals surface area contributed by atoms with Crippen LogP contribution in [0.25, 0.3) is 0 Å². The molecule has 0 heterocycles. The van der Waals surface area contributed by atoms with Crippen molar-refractivity contribution in [1.82, 2.24) is 0 Å². The van der Waals surface area contributed by atoms with E-state index >= 15 is 0 Å². The van der Waals surface area contributed by atoms with Gasteiger partial charge in [-0.15, -0.1) is 0 Å². The van der Waals surface area contributed by atoms with Gasteiger partial charge >= 0.3 is 0 Å². The van der Waals surface area contributed by atoms with Crippen LogP contribution in [0.1, 0.15) is 12.8 Å². The van der Waals surface area contributed by atoms with Crippen LogP contribution in [0.4, 0.5) is 0 Å². The monoisotopic (exact) mass is 194 g/mol. The highest BCUT2D eigenvalue weighted by Gasteiger charge is 2.21. The Morgan fingerprint density at radius 3 is 2.86 bits per heavy atom. The minimum Gasteiger partial charge on any atom is -0.504 e. The van der Waals surface area contributed by atoms with Crippen LogP contribution in [0.5, 0.6) is 17.2 Å². The molecule has 1 aliphatic carbocycles. The van der Waals surface area contributed by atoms with E-state index in [1.54, 1.807) is 18.2 Å².